The van der Waals surface area contributed by atoms with E-state index in [1.165, 1.54) is 31.2 Å². The second-order valence-electron chi connectivity index (χ2n) is 2.91. The van der Waals surface area contributed by atoms with Gasteiger partial charge >= 0.3 is 0 Å². The van der Waals surface area contributed by atoms with Crippen molar-refractivity contribution in [3.63, 3.8) is 0 Å². The van der Waals surface area contributed by atoms with Gasteiger partial charge in [-0.2, -0.15) is 0 Å². The van der Waals surface area contributed by atoms with Gasteiger partial charge in [-0.25, -0.2) is 8.78 Å². The molecule has 0 spiro atoms. The van der Waals surface area contributed by atoms with Crippen LogP contribution in [0.5, 0.6) is 0 Å². The van der Waals surface area contributed by atoms with Crippen molar-refractivity contribution in [1.29, 1.82) is 0 Å². The van der Waals surface area contributed by atoms with Crippen LogP contribution in [0.2, 0.25) is 0 Å². The van der Waals surface area contributed by atoms with Crippen molar-refractivity contribution in [2.75, 3.05) is 6.54 Å². The third kappa shape index (κ3) is 1.80. The van der Waals surface area contributed by atoms with Crippen LogP contribution in [-0.2, 0) is 5.67 Å². The molecule has 0 aliphatic heterocycles. The van der Waals surface area contributed by atoms with Crippen LogP contribution in [0.3, 0.4) is 0 Å². The van der Waals surface area contributed by atoms with E-state index in [4.69, 9.17) is 5.73 Å². The fourth-order valence-corrected chi connectivity index (χ4v) is 0.915. The lowest BCUT2D eigenvalue weighted by atomic mass is 9.98. The van der Waals surface area contributed by atoms with Crippen molar-refractivity contribution in [2.24, 2.45) is 5.73 Å². The van der Waals surface area contributed by atoms with Crippen LogP contribution in [-0.4, -0.2) is 6.54 Å². The van der Waals surface area contributed by atoms with Crippen molar-refractivity contribution >= 4 is 0 Å². The number of rotatable bonds is 2. The Morgan fingerprint density at radius 2 is 1.83 bits per heavy atom. The highest BCUT2D eigenvalue weighted by Crippen LogP contribution is 2.23. The minimum atomic E-state index is -1.56. The normalized spacial score (nSPS) is 15.7. The van der Waals surface area contributed by atoms with Crippen LogP contribution in [0, 0.1) is 5.82 Å². The number of hydrogen-bond acceptors (Lipinski definition) is 1. The van der Waals surface area contributed by atoms with E-state index in [9.17, 15) is 8.78 Å². The van der Waals surface area contributed by atoms with Crippen molar-refractivity contribution in [3.05, 3.63) is 35.6 Å². The minimum Gasteiger partial charge on any atom is -0.327 e. The standard InChI is InChI=1S/C9H11F2N/c1-9(11,6-12)7-2-4-8(10)5-3-7/h2-5H,6,12H2,1H3. The molecular weight excluding hydrogens is 160 g/mol. The summed E-state index contributed by atoms with van der Waals surface area (Å²) in [6.07, 6.45) is 0. The molecule has 0 amide bonds. The highest BCUT2D eigenvalue weighted by molar-refractivity contribution is 5.22. The van der Waals surface area contributed by atoms with Gasteiger partial charge in [-0.3, -0.25) is 0 Å². The zero-order valence-electron chi connectivity index (χ0n) is 6.85. The molecule has 0 aliphatic carbocycles. The first-order chi connectivity index (χ1) is 5.56. The lowest BCUT2D eigenvalue weighted by molar-refractivity contribution is 0.203. The van der Waals surface area contributed by atoms with Gasteiger partial charge in [0.2, 0.25) is 0 Å². The van der Waals surface area contributed by atoms with Gasteiger partial charge in [0.15, 0.2) is 0 Å². The monoisotopic (exact) mass is 171 g/mol. The molecule has 12 heavy (non-hydrogen) atoms. The molecule has 0 saturated carbocycles. The molecule has 0 heterocycles. The van der Waals surface area contributed by atoms with Gasteiger partial charge in [0.05, 0.1) is 0 Å². The molecule has 0 aromatic heterocycles. The quantitative estimate of drug-likeness (QED) is 0.723. The van der Waals surface area contributed by atoms with E-state index in [1.54, 1.807) is 0 Å². The topological polar surface area (TPSA) is 26.0 Å². The van der Waals surface area contributed by atoms with E-state index in [2.05, 4.69) is 0 Å². The predicted octanol–water partition coefficient (Wildman–Crippen LogP) is 1.97. The van der Waals surface area contributed by atoms with Gasteiger partial charge in [0, 0.05) is 6.54 Å². The summed E-state index contributed by atoms with van der Waals surface area (Å²) in [4.78, 5) is 0. The Balaban J connectivity index is 2.96. The van der Waals surface area contributed by atoms with Crippen molar-refractivity contribution in [1.82, 2.24) is 0 Å². The molecule has 1 atom stereocenters. The van der Waals surface area contributed by atoms with Crippen LogP contribution < -0.4 is 5.73 Å². The van der Waals surface area contributed by atoms with E-state index in [0.29, 0.717) is 5.56 Å². The zero-order valence-corrected chi connectivity index (χ0v) is 6.85. The average Bonchev–Trinajstić information content (AvgIpc) is 2.05. The Labute approximate surface area is 70.2 Å². The molecule has 2 N–H and O–H groups in total. The summed E-state index contributed by atoms with van der Waals surface area (Å²) in [6.45, 7) is 1.28. The van der Waals surface area contributed by atoms with Crippen molar-refractivity contribution < 1.29 is 8.78 Å². The molecule has 66 valence electrons. The first-order valence-electron chi connectivity index (χ1n) is 3.71. The van der Waals surface area contributed by atoms with Gasteiger partial charge in [-0.15, -0.1) is 0 Å². The summed E-state index contributed by atoms with van der Waals surface area (Å²) < 4.78 is 25.9. The fraction of sp³-hybridized carbons (Fsp3) is 0.333. The molecular formula is C9H11F2N. The maximum Gasteiger partial charge on any atom is 0.145 e. The van der Waals surface area contributed by atoms with E-state index < -0.39 is 5.67 Å². The molecule has 1 aromatic carbocycles. The molecule has 0 fully saturated rings. The van der Waals surface area contributed by atoms with E-state index in [1.807, 2.05) is 0 Å². The van der Waals surface area contributed by atoms with E-state index in [0.717, 1.165) is 0 Å². The highest BCUT2D eigenvalue weighted by Gasteiger charge is 2.23. The summed E-state index contributed by atoms with van der Waals surface area (Å²) in [6, 6.07) is 5.26. The first-order valence-corrected chi connectivity index (χ1v) is 3.71. The van der Waals surface area contributed by atoms with Gasteiger partial charge in [0.1, 0.15) is 11.5 Å². The maximum atomic E-state index is 13.4. The zero-order chi connectivity index (χ0) is 9.19. The third-order valence-corrected chi connectivity index (χ3v) is 1.83. The Kier molecular flexibility index (Phi) is 2.43. The number of nitrogens with two attached hydrogens (primary N) is 1. The molecule has 0 saturated heterocycles. The summed E-state index contributed by atoms with van der Waals surface area (Å²) in [5, 5.41) is 0. The summed E-state index contributed by atoms with van der Waals surface area (Å²) in [5.74, 6) is -0.369. The van der Waals surface area contributed by atoms with Gasteiger partial charge in [-0.05, 0) is 24.6 Å². The van der Waals surface area contributed by atoms with Crippen LogP contribution in [0.15, 0.2) is 24.3 Å². The molecule has 0 aliphatic rings. The van der Waals surface area contributed by atoms with Crippen LogP contribution in [0.25, 0.3) is 0 Å². The Bertz CT molecular complexity index is 254. The molecule has 1 rings (SSSR count). The molecule has 0 radical (unpaired) electrons. The Morgan fingerprint density at radius 1 is 1.33 bits per heavy atom. The largest absolute Gasteiger partial charge is 0.327 e. The van der Waals surface area contributed by atoms with E-state index >= 15 is 0 Å². The summed E-state index contributed by atoms with van der Waals surface area (Å²) in [7, 11) is 0. The summed E-state index contributed by atoms with van der Waals surface area (Å²) in [5.41, 5.74) is 4.05. The maximum absolute atomic E-state index is 13.4. The lowest BCUT2D eigenvalue weighted by Crippen LogP contribution is -2.26. The Hall–Kier alpha value is -0.960. The first kappa shape index (κ1) is 9.13. The smallest absolute Gasteiger partial charge is 0.145 e. The van der Waals surface area contributed by atoms with Crippen LogP contribution in [0.4, 0.5) is 8.78 Å². The average molecular weight is 171 g/mol. The molecule has 1 aromatic rings. The number of benzene rings is 1. The highest BCUT2D eigenvalue weighted by atomic mass is 19.1. The van der Waals surface area contributed by atoms with Crippen LogP contribution >= 0.6 is 0 Å². The molecule has 3 heteroatoms. The third-order valence-electron chi connectivity index (χ3n) is 1.83. The van der Waals surface area contributed by atoms with E-state index in [-0.39, 0.29) is 12.4 Å². The molecule has 0 bridgehead atoms. The second-order valence-corrected chi connectivity index (χ2v) is 2.91. The number of alkyl halides is 1. The SMILES string of the molecule is CC(F)(CN)c1ccc(F)cc1. The number of hydrogen-bond donors (Lipinski definition) is 1. The summed E-state index contributed by atoms with van der Waals surface area (Å²) >= 11 is 0. The Morgan fingerprint density at radius 3 is 2.25 bits per heavy atom. The van der Waals surface area contributed by atoms with Gasteiger partial charge in [-0.1, -0.05) is 12.1 Å². The van der Waals surface area contributed by atoms with Crippen molar-refractivity contribution in [2.45, 2.75) is 12.6 Å². The predicted molar refractivity (Wildman–Crippen MR) is 43.9 cm³/mol. The van der Waals surface area contributed by atoms with Crippen molar-refractivity contribution in [3.8, 4) is 0 Å². The fourth-order valence-electron chi connectivity index (χ4n) is 0.915. The number of halogens is 2. The molecule has 1 nitrogen and oxygen atoms in total. The molecule has 1 unspecified atom stereocenters. The van der Waals surface area contributed by atoms with Gasteiger partial charge < -0.3 is 5.73 Å². The second kappa shape index (κ2) is 3.19. The lowest BCUT2D eigenvalue weighted by Gasteiger charge is -2.17. The van der Waals surface area contributed by atoms with Gasteiger partial charge in [0.25, 0.3) is 0 Å². The minimum absolute atomic E-state index is 0.0986. The van der Waals surface area contributed by atoms with Crippen LogP contribution in [0.1, 0.15) is 12.5 Å².